The molecule has 3 nitrogen and oxygen atoms in total. The summed E-state index contributed by atoms with van der Waals surface area (Å²) in [5, 5.41) is 7.53. The summed E-state index contributed by atoms with van der Waals surface area (Å²) in [6, 6.07) is 4.74. The Balaban J connectivity index is 1.88. The van der Waals surface area contributed by atoms with Gasteiger partial charge in [-0.15, -0.1) is 0 Å². The van der Waals surface area contributed by atoms with Crippen molar-refractivity contribution >= 4 is 23.3 Å². The molecular weight excluding hydrogens is 230 g/mol. The topological polar surface area (TPSA) is 37.0 Å². The lowest BCUT2D eigenvalue weighted by Gasteiger charge is -2.15. The summed E-state index contributed by atoms with van der Waals surface area (Å²) in [6.45, 7) is 2.24. The highest BCUT2D eigenvalue weighted by Gasteiger charge is 2.24. The Morgan fingerprint density at radius 1 is 1.47 bits per heavy atom. The molecule has 1 aliphatic rings. The molecule has 0 aliphatic heterocycles. The molecule has 0 amide bonds. The van der Waals surface area contributed by atoms with E-state index in [9.17, 15) is 0 Å². The molecule has 2 unspecified atom stereocenters. The maximum absolute atomic E-state index is 4.22. The van der Waals surface area contributed by atoms with Gasteiger partial charge in [-0.05, 0) is 31.1 Å². The van der Waals surface area contributed by atoms with Gasteiger partial charge in [-0.1, -0.05) is 6.92 Å². The minimum Gasteiger partial charge on any atom is -0.382 e. The number of pyridine rings is 1. The Morgan fingerprint density at radius 3 is 3.12 bits per heavy atom. The van der Waals surface area contributed by atoms with Crippen molar-refractivity contribution in [1.82, 2.24) is 4.98 Å². The largest absolute Gasteiger partial charge is 0.382 e. The van der Waals surface area contributed by atoms with E-state index < -0.39 is 0 Å². The molecular formula is C13H21N3S. The third-order valence-electron chi connectivity index (χ3n) is 3.17. The zero-order valence-corrected chi connectivity index (χ0v) is 11.4. The monoisotopic (exact) mass is 251 g/mol. The lowest BCUT2D eigenvalue weighted by Crippen LogP contribution is -2.16. The average Bonchev–Trinajstić information content (AvgIpc) is 2.77. The van der Waals surface area contributed by atoms with E-state index >= 15 is 0 Å². The highest BCUT2D eigenvalue weighted by molar-refractivity contribution is 7.99. The van der Waals surface area contributed by atoms with Crippen LogP contribution in [0, 0.1) is 0 Å². The summed E-state index contributed by atoms with van der Waals surface area (Å²) in [5.41, 5.74) is 1.18. The number of hydrogen-bond donors (Lipinski definition) is 2. The van der Waals surface area contributed by atoms with Gasteiger partial charge in [0.1, 0.15) is 5.82 Å². The molecule has 0 aromatic carbocycles. The summed E-state index contributed by atoms with van der Waals surface area (Å²) in [7, 11) is 1.90. The number of rotatable bonds is 5. The Labute approximate surface area is 108 Å². The molecule has 0 bridgehead atoms. The minimum atomic E-state index is 0.631. The van der Waals surface area contributed by atoms with Gasteiger partial charge in [0.15, 0.2) is 0 Å². The molecule has 4 heteroatoms. The second kappa shape index (κ2) is 6.15. The van der Waals surface area contributed by atoms with Crippen LogP contribution in [0.3, 0.4) is 0 Å². The number of nitrogens with one attached hydrogen (secondary N) is 2. The first-order chi connectivity index (χ1) is 8.31. The fourth-order valence-corrected chi connectivity index (χ4v) is 3.49. The van der Waals surface area contributed by atoms with Gasteiger partial charge in [0.05, 0.1) is 0 Å². The molecule has 1 aromatic rings. The van der Waals surface area contributed by atoms with Crippen molar-refractivity contribution in [3.05, 3.63) is 18.3 Å². The first-order valence-electron chi connectivity index (χ1n) is 6.33. The van der Waals surface area contributed by atoms with Crippen molar-refractivity contribution in [3.63, 3.8) is 0 Å². The lowest BCUT2D eigenvalue weighted by molar-refractivity contribution is 0.757. The molecule has 1 saturated carbocycles. The minimum absolute atomic E-state index is 0.631. The Morgan fingerprint density at radius 2 is 2.35 bits per heavy atom. The van der Waals surface area contributed by atoms with Gasteiger partial charge >= 0.3 is 0 Å². The second-order valence-corrected chi connectivity index (χ2v) is 5.99. The van der Waals surface area contributed by atoms with Crippen molar-refractivity contribution in [2.24, 2.45) is 0 Å². The van der Waals surface area contributed by atoms with E-state index in [1.807, 2.05) is 19.3 Å². The highest BCUT2D eigenvalue weighted by atomic mass is 32.2. The van der Waals surface area contributed by atoms with Gasteiger partial charge in [0, 0.05) is 36.3 Å². The summed E-state index contributed by atoms with van der Waals surface area (Å²) in [4.78, 5) is 4.22. The predicted octanol–water partition coefficient (Wildman–Crippen LogP) is 3.21. The summed E-state index contributed by atoms with van der Waals surface area (Å²) < 4.78 is 0. The second-order valence-electron chi connectivity index (χ2n) is 4.41. The molecule has 17 heavy (non-hydrogen) atoms. The van der Waals surface area contributed by atoms with Crippen LogP contribution in [0.5, 0.6) is 0 Å². The van der Waals surface area contributed by atoms with Gasteiger partial charge in [-0.25, -0.2) is 4.98 Å². The van der Waals surface area contributed by atoms with E-state index in [0.29, 0.717) is 6.04 Å². The molecule has 2 rings (SSSR count). The van der Waals surface area contributed by atoms with Crippen LogP contribution in [0.4, 0.5) is 11.5 Å². The first-order valence-corrected chi connectivity index (χ1v) is 7.38. The zero-order valence-electron chi connectivity index (χ0n) is 10.6. The Bertz CT molecular complexity index is 356. The molecule has 1 heterocycles. The van der Waals surface area contributed by atoms with E-state index in [1.54, 1.807) is 0 Å². The van der Waals surface area contributed by atoms with E-state index in [1.165, 1.54) is 30.7 Å². The summed E-state index contributed by atoms with van der Waals surface area (Å²) in [5.74, 6) is 2.16. The van der Waals surface area contributed by atoms with Crippen molar-refractivity contribution in [1.29, 1.82) is 0 Å². The van der Waals surface area contributed by atoms with Crippen LogP contribution in [0.25, 0.3) is 0 Å². The molecule has 2 N–H and O–H groups in total. The standard InChI is InChI=1S/C13H21N3S/c1-3-17-12-5-4-10(8-12)16-11-6-7-15-13(9-11)14-2/h6-7,9-10,12H,3-5,8H2,1-2H3,(H2,14,15,16). The van der Waals surface area contributed by atoms with Crippen LogP contribution in [0.1, 0.15) is 26.2 Å². The molecule has 1 fully saturated rings. The van der Waals surface area contributed by atoms with E-state index in [0.717, 1.165) is 11.1 Å². The van der Waals surface area contributed by atoms with Crippen LogP contribution in [-0.2, 0) is 0 Å². The number of thioether (sulfide) groups is 1. The first kappa shape index (κ1) is 12.6. The van der Waals surface area contributed by atoms with Crippen molar-refractivity contribution < 1.29 is 0 Å². The summed E-state index contributed by atoms with van der Waals surface area (Å²) in [6.07, 6.45) is 5.77. The lowest BCUT2D eigenvalue weighted by atomic mass is 10.2. The van der Waals surface area contributed by atoms with Crippen LogP contribution in [-0.4, -0.2) is 29.1 Å². The number of hydrogen-bond acceptors (Lipinski definition) is 4. The number of nitrogens with zero attached hydrogens (tertiary/aromatic N) is 1. The van der Waals surface area contributed by atoms with E-state index in [2.05, 4.69) is 40.4 Å². The van der Waals surface area contributed by atoms with E-state index in [4.69, 9.17) is 0 Å². The van der Waals surface area contributed by atoms with Crippen LogP contribution >= 0.6 is 11.8 Å². The maximum atomic E-state index is 4.22. The molecule has 0 saturated heterocycles. The fraction of sp³-hybridized carbons (Fsp3) is 0.615. The maximum Gasteiger partial charge on any atom is 0.127 e. The van der Waals surface area contributed by atoms with Crippen LogP contribution < -0.4 is 10.6 Å². The van der Waals surface area contributed by atoms with Crippen LogP contribution in [0.2, 0.25) is 0 Å². The van der Waals surface area contributed by atoms with Gasteiger partial charge in [-0.2, -0.15) is 11.8 Å². The zero-order chi connectivity index (χ0) is 12.1. The quantitative estimate of drug-likeness (QED) is 0.842. The normalized spacial score (nSPS) is 23.6. The summed E-state index contributed by atoms with van der Waals surface area (Å²) >= 11 is 2.10. The molecule has 1 aliphatic carbocycles. The SMILES string of the molecule is CCSC1CCC(Nc2ccnc(NC)c2)C1. The van der Waals surface area contributed by atoms with Gasteiger partial charge < -0.3 is 10.6 Å². The van der Waals surface area contributed by atoms with Crippen molar-refractivity contribution in [3.8, 4) is 0 Å². The fourth-order valence-electron chi connectivity index (χ4n) is 2.35. The van der Waals surface area contributed by atoms with Gasteiger partial charge in [-0.3, -0.25) is 0 Å². The average molecular weight is 251 g/mol. The molecule has 0 radical (unpaired) electrons. The Kier molecular flexibility index (Phi) is 4.54. The molecule has 2 atom stereocenters. The highest BCUT2D eigenvalue weighted by Crippen LogP contribution is 2.31. The molecule has 0 spiro atoms. The van der Waals surface area contributed by atoms with Crippen molar-refractivity contribution in [2.75, 3.05) is 23.4 Å². The van der Waals surface area contributed by atoms with Gasteiger partial charge in [0.2, 0.25) is 0 Å². The smallest absolute Gasteiger partial charge is 0.127 e. The third-order valence-corrected chi connectivity index (χ3v) is 4.41. The van der Waals surface area contributed by atoms with Crippen LogP contribution in [0.15, 0.2) is 18.3 Å². The molecule has 1 aromatic heterocycles. The number of aromatic nitrogens is 1. The Hall–Kier alpha value is -0.900. The molecule has 94 valence electrons. The van der Waals surface area contributed by atoms with Crippen molar-refractivity contribution in [2.45, 2.75) is 37.5 Å². The van der Waals surface area contributed by atoms with E-state index in [-0.39, 0.29) is 0 Å². The number of anilines is 2. The predicted molar refractivity (Wildman–Crippen MR) is 77.0 cm³/mol. The third kappa shape index (κ3) is 3.53. The van der Waals surface area contributed by atoms with Gasteiger partial charge in [0.25, 0.3) is 0 Å².